The Morgan fingerprint density at radius 3 is 2.46 bits per heavy atom. The van der Waals surface area contributed by atoms with E-state index in [1.807, 2.05) is 0 Å². The first-order valence-electron chi connectivity index (χ1n) is 10.3. The lowest BCUT2D eigenvalue weighted by molar-refractivity contribution is -0.140. The number of carbonyl (C=O) groups is 1. The molecule has 0 spiro atoms. The lowest BCUT2D eigenvalue weighted by Crippen LogP contribution is -2.29. The summed E-state index contributed by atoms with van der Waals surface area (Å²) < 4.78 is 10.2. The van der Waals surface area contributed by atoms with Crippen LogP contribution in [0.25, 0.3) is 0 Å². The molecule has 0 saturated heterocycles. The minimum Gasteiger partial charge on any atom is -0.469 e. The van der Waals surface area contributed by atoms with Crippen molar-refractivity contribution in [2.75, 3.05) is 20.3 Å². The van der Waals surface area contributed by atoms with Gasteiger partial charge in [-0.05, 0) is 32.1 Å². The molecule has 26 heavy (non-hydrogen) atoms. The van der Waals surface area contributed by atoms with Gasteiger partial charge in [0.25, 0.3) is 0 Å². The zero-order chi connectivity index (χ0) is 19.5. The molecule has 0 aliphatic heterocycles. The maximum Gasteiger partial charge on any atom is 0.305 e. The minimum atomic E-state index is -0.465. The molecule has 0 amide bonds. The molecular weight excluding hydrogens is 332 g/mol. The van der Waals surface area contributed by atoms with Gasteiger partial charge in [0.2, 0.25) is 0 Å². The fourth-order valence-corrected chi connectivity index (χ4v) is 2.84. The third-order valence-corrected chi connectivity index (χ3v) is 4.47. The molecular formula is C21H40O5. The molecule has 5 heteroatoms. The molecule has 0 aromatic rings. The molecule has 0 bridgehead atoms. The van der Waals surface area contributed by atoms with Crippen LogP contribution >= 0.6 is 0 Å². The van der Waals surface area contributed by atoms with E-state index in [0.29, 0.717) is 12.8 Å². The Morgan fingerprint density at radius 1 is 1.04 bits per heavy atom. The Hall–Kier alpha value is -0.910. The van der Waals surface area contributed by atoms with E-state index in [1.54, 1.807) is 0 Å². The van der Waals surface area contributed by atoms with E-state index >= 15 is 0 Å². The highest BCUT2D eigenvalue weighted by atomic mass is 16.5. The maximum absolute atomic E-state index is 11.0. The van der Waals surface area contributed by atoms with Crippen molar-refractivity contribution in [1.82, 2.24) is 0 Å². The number of rotatable bonds is 18. The fourth-order valence-electron chi connectivity index (χ4n) is 2.84. The van der Waals surface area contributed by atoms with Gasteiger partial charge in [-0.1, -0.05) is 57.6 Å². The van der Waals surface area contributed by atoms with Crippen LogP contribution in [0, 0.1) is 0 Å². The third kappa shape index (κ3) is 15.4. The molecule has 0 aromatic carbocycles. The van der Waals surface area contributed by atoms with Crippen molar-refractivity contribution < 1.29 is 24.5 Å². The Bertz CT molecular complexity index is 343. The van der Waals surface area contributed by atoms with Crippen molar-refractivity contribution >= 4 is 5.97 Å². The largest absolute Gasteiger partial charge is 0.469 e. The van der Waals surface area contributed by atoms with Crippen LogP contribution in [-0.2, 0) is 14.3 Å². The lowest BCUT2D eigenvalue weighted by Gasteiger charge is -2.22. The van der Waals surface area contributed by atoms with Crippen LogP contribution in [0.1, 0.15) is 84.0 Å². The van der Waals surface area contributed by atoms with Gasteiger partial charge in [0.1, 0.15) is 0 Å². The van der Waals surface area contributed by atoms with Crippen LogP contribution in [0.15, 0.2) is 12.2 Å². The molecule has 0 aliphatic rings. The Labute approximate surface area is 159 Å². The van der Waals surface area contributed by atoms with Crippen LogP contribution in [-0.4, -0.2) is 48.7 Å². The standard InChI is InChI=1S/C21H40O5/c1-3-4-11-14-19(23)20(26-18-17-22)15-12-9-7-5-6-8-10-13-16-21(24)25-2/h9,12,19-20,22-23H,3-8,10-11,13-18H2,1-2H3/b12-9-. The van der Waals surface area contributed by atoms with Gasteiger partial charge >= 0.3 is 5.97 Å². The van der Waals surface area contributed by atoms with Crippen LogP contribution in [0.5, 0.6) is 0 Å². The number of aliphatic hydroxyl groups is 2. The summed E-state index contributed by atoms with van der Waals surface area (Å²) in [6.45, 7) is 2.40. The van der Waals surface area contributed by atoms with Crippen molar-refractivity contribution in [2.24, 2.45) is 0 Å². The number of methoxy groups -OCH3 is 1. The van der Waals surface area contributed by atoms with Crippen LogP contribution < -0.4 is 0 Å². The van der Waals surface area contributed by atoms with Gasteiger partial charge in [0.05, 0.1) is 32.5 Å². The molecule has 0 aliphatic carbocycles. The Kier molecular flexibility index (Phi) is 18.2. The van der Waals surface area contributed by atoms with E-state index in [1.165, 1.54) is 7.11 Å². The number of aliphatic hydroxyl groups excluding tert-OH is 2. The van der Waals surface area contributed by atoms with Crippen LogP contribution in [0.3, 0.4) is 0 Å². The first-order valence-corrected chi connectivity index (χ1v) is 10.3. The lowest BCUT2D eigenvalue weighted by atomic mass is 10.0. The molecule has 2 unspecified atom stereocenters. The average molecular weight is 373 g/mol. The second kappa shape index (κ2) is 18.9. The zero-order valence-electron chi connectivity index (χ0n) is 16.8. The van der Waals surface area contributed by atoms with Gasteiger partial charge in [-0.3, -0.25) is 4.79 Å². The van der Waals surface area contributed by atoms with Crippen molar-refractivity contribution in [3.05, 3.63) is 12.2 Å². The number of unbranched alkanes of at least 4 members (excludes halogenated alkanes) is 7. The van der Waals surface area contributed by atoms with Crippen LogP contribution in [0.4, 0.5) is 0 Å². The first kappa shape index (κ1) is 25.1. The van der Waals surface area contributed by atoms with Crippen molar-refractivity contribution in [3.63, 3.8) is 0 Å². The predicted octanol–water partition coefficient (Wildman–Crippen LogP) is 4.16. The van der Waals surface area contributed by atoms with Gasteiger partial charge in [-0.15, -0.1) is 0 Å². The summed E-state index contributed by atoms with van der Waals surface area (Å²) in [6.07, 6.45) is 15.2. The summed E-state index contributed by atoms with van der Waals surface area (Å²) in [5.74, 6) is -0.122. The Balaban J connectivity index is 3.81. The van der Waals surface area contributed by atoms with E-state index in [-0.39, 0.29) is 25.3 Å². The van der Waals surface area contributed by atoms with E-state index in [9.17, 15) is 9.90 Å². The summed E-state index contributed by atoms with van der Waals surface area (Å²) in [5, 5.41) is 19.2. The summed E-state index contributed by atoms with van der Waals surface area (Å²) in [4.78, 5) is 11.0. The van der Waals surface area contributed by atoms with Crippen molar-refractivity contribution in [3.8, 4) is 0 Å². The quantitative estimate of drug-likeness (QED) is 0.215. The molecule has 154 valence electrons. The maximum atomic E-state index is 11.0. The summed E-state index contributed by atoms with van der Waals surface area (Å²) >= 11 is 0. The highest BCUT2D eigenvalue weighted by Gasteiger charge is 2.17. The monoisotopic (exact) mass is 372 g/mol. The van der Waals surface area contributed by atoms with Gasteiger partial charge in [-0.2, -0.15) is 0 Å². The summed E-state index contributed by atoms with van der Waals surface area (Å²) in [6, 6.07) is 0. The SMILES string of the molecule is CCCCCC(O)C(C/C=C\CCCCCCCC(=O)OC)OCCO. The van der Waals surface area contributed by atoms with Gasteiger partial charge < -0.3 is 19.7 Å². The number of ether oxygens (including phenoxy) is 2. The third-order valence-electron chi connectivity index (χ3n) is 4.47. The molecule has 0 fully saturated rings. The topological polar surface area (TPSA) is 76.0 Å². The van der Waals surface area contributed by atoms with Crippen molar-refractivity contribution in [1.29, 1.82) is 0 Å². The molecule has 0 aromatic heterocycles. The summed E-state index contributed by atoms with van der Waals surface area (Å²) in [7, 11) is 1.43. The first-order chi connectivity index (χ1) is 12.7. The van der Waals surface area contributed by atoms with Gasteiger partial charge in [0.15, 0.2) is 0 Å². The molecule has 0 saturated carbocycles. The van der Waals surface area contributed by atoms with Crippen LogP contribution in [0.2, 0.25) is 0 Å². The fraction of sp³-hybridized carbons (Fsp3) is 0.857. The van der Waals surface area contributed by atoms with Gasteiger partial charge in [0, 0.05) is 6.42 Å². The highest BCUT2D eigenvalue weighted by molar-refractivity contribution is 5.68. The number of esters is 1. The molecule has 2 N–H and O–H groups in total. The molecule has 0 radical (unpaired) electrons. The number of hydrogen-bond donors (Lipinski definition) is 2. The molecule has 0 heterocycles. The minimum absolute atomic E-state index is 0.0160. The average Bonchev–Trinajstić information content (AvgIpc) is 2.65. The van der Waals surface area contributed by atoms with Crippen molar-refractivity contribution in [2.45, 2.75) is 96.2 Å². The van der Waals surface area contributed by atoms with E-state index < -0.39 is 6.10 Å². The second-order valence-corrected chi connectivity index (χ2v) is 6.79. The number of allylic oxidation sites excluding steroid dienone is 1. The molecule has 5 nitrogen and oxygen atoms in total. The second-order valence-electron chi connectivity index (χ2n) is 6.79. The molecule has 2 atom stereocenters. The normalized spacial score (nSPS) is 13.8. The van der Waals surface area contributed by atoms with Gasteiger partial charge in [-0.25, -0.2) is 0 Å². The molecule has 0 rings (SSSR count). The predicted molar refractivity (Wildman–Crippen MR) is 105 cm³/mol. The Morgan fingerprint density at radius 2 is 1.77 bits per heavy atom. The number of hydrogen-bond acceptors (Lipinski definition) is 5. The van der Waals surface area contributed by atoms with E-state index in [4.69, 9.17) is 9.84 Å². The zero-order valence-corrected chi connectivity index (χ0v) is 16.8. The number of carbonyl (C=O) groups excluding carboxylic acids is 1. The summed E-state index contributed by atoms with van der Waals surface area (Å²) in [5.41, 5.74) is 0. The van der Waals surface area contributed by atoms with E-state index in [0.717, 1.165) is 64.2 Å². The highest BCUT2D eigenvalue weighted by Crippen LogP contribution is 2.14. The van der Waals surface area contributed by atoms with E-state index in [2.05, 4.69) is 23.8 Å². The smallest absolute Gasteiger partial charge is 0.305 e.